The Kier molecular flexibility index (Phi) is 4.34. The summed E-state index contributed by atoms with van der Waals surface area (Å²) in [7, 11) is 0. The molecule has 0 radical (unpaired) electrons. The number of rotatable bonds is 4. The number of likely N-dealkylation sites (tertiary alicyclic amines) is 1. The standard InChI is InChI=1S/C23H26ClN3/c1-2-14-26-15-12-23(13-16-26)25-20(17-8-10-19(24)11-9-17)22-21(27(22)23)18-6-4-3-5-7-18/h3-11,21-22H,2,12-16H2,1H3. The van der Waals surface area contributed by atoms with Gasteiger partial charge in [-0.05, 0) is 49.1 Å². The van der Waals surface area contributed by atoms with Gasteiger partial charge in [0.25, 0.3) is 0 Å². The van der Waals surface area contributed by atoms with Crippen molar-refractivity contribution in [2.45, 2.75) is 43.9 Å². The van der Waals surface area contributed by atoms with Crippen LogP contribution in [0.25, 0.3) is 0 Å². The van der Waals surface area contributed by atoms with Crippen LogP contribution in [0.2, 0.25) is 5.02 Å². The molecule has 140 valence electrons. The van der Waals surface area contributed by atoms with E-state index in [4.69, 9.17) is 16.6 Å². The number of nitrogens with zero attached hydrogens (tertiary/aromatic N) is 3. The molecule has 3 atom stereocenters. The van der Waals surface area contributed by atoms with Crippen molar-refractivity contribution in [2.24, 2.45) is 4.99 Å². The molecule has 3 unspecified atom stereocenters. The van der Waals surface area contributed by atoms with Gasteiger partial charge in [0.1, 0.15) is 5.66 Å². The molecule has 0 N–H and O–H groups in total. The smallest absolute Gasteiger partial charge is 0.117 e. The second-order valence-corrected chi connectivity index (χ2v) is 8.47. The molecule has 0 bridgehead atoms. The summed E-state index contributed by atoms with van der Waals surface area (Å²) in [6.07, 6.45) is 3.49. The predicted octanol–water partition coefficient (Wildman–Crippen LogP) is 4.77. The van der Waals surface area contributed by atoms with E-state index in [0.717, 1.165) is 31.0 Å². The summed E-state index contributed by atoms with van der Waals surface area (Å²) in [6.45, 7) is 5.77. The fourth-order valence-corrected chi connectivity index (χ4v) is 5.17. The molecule has 3 aliphatic rings. The van der Waals surface area contributed by atoms with E-state index in [0.29, 0.717) is 12.1 Å². The number of piperidine rings is 1. The molecule has 2 fully saturated rings. The van der Waals surface area contributed by atoms with Gasteiger partial charge < -0.3 is 4.90 Å². The topological polar surface area (TPSA) is 18.6 Å². The quantitative estimate of drug-likeness (QED) is 0.712. The van der Waals surface area contributed by atoms with Crippen molar-refractivity contribution < 1.29 is 0 Å². The lowest BCUT2D eigenvalue weighted by atomic mass is 9.95. The lowest BCUT2D eigenvalue weighted by Crippen LogP contribution is -2.47. The van der Waals surface area contributed by atoms with Gasteiger partial charge in [0, 0.05) is 18.1 Å². The highest BCUT2D eigenvalue weighted by molar-refractivity contribution is 6.30. The molecule has 3 nitrogen and oxygen atoms in total. The zero-order valence-corrected chi connectivity index (χ0v) is 16.6. The maximum absolute atomic E-state index is 6.12. The SMILES string of the molecule is CCCN1CCC2(CC1)N=C(c1ccc(Cl)cc1)C1C(c3ccccc3)N12. The molecule has 1 spiro atoms. The first-order valence-corrected chi connectivity index (χ1v) is 10.5. The van der Waals surface area contributed by atoms with Gasteiger partial charge in [-0.2, -0.15) is 0 Å². The van der Waals surface area contributed by atoms with Crippen LogP contribution in [0.3, 0.4) is 0 Å². The van der Waals surface area contributed by atoms with Gasteiger partial charge in [-0.3, -0.25) is 9.89 Å². The third kappa shape index (κ3) is 2.93. The van der Waals surface area contributed by atoms with E-state index >= 15 is 0 Å². The molecule has 0 amide bonds. The minimum atomic E-state index is -0.0234. The van der Waals surface area contributed by atoms with Crippen molar-refractivity contribution in [1.29, 1.82) is 0 Å². The molecular weight excluding hydrogens is 354 g/mol. The summed E-state index contributed by atoms with van der Waals surface area (Å²) >= 11 is 6.12. The molecule has 27 heavy (non-hydrogen) atoms. The zero-order valence-electron chi connectivity index (χ0n) is 15.8. The van der Waals surface area contributed by atoms with Crippen molar-refractivity contribution in [3.8, 4) is 0 Å². The lowest BCUT2D eigenvalue weighted by Gasteiger charge is -2.39. The Hall–Kier alpha value is -1.68. The molecule has 2 saturated heterocycles. The summed E-state index contributed by atoms with van der Waals surface area (Å²) in [5.74, 6) is 0. The van der Waals surface area contributed by atoms with Crippen LogP contribution in [-0.4, -0.2) is 46.9 Å². The summed E-state index contributed by atoms with van der Waals surface area (Å²) in [5.41, 5.74) is 3.87. The average Bonchev–Trinajstić information content (AvgIpc) is 3.38. The minimum Gasteiger partial charge on any atom is -0.303 e. The van der Waals surface area contributed by atoms with E-state index < -0.39 is 0 Å². The molecule has 3 heterocycles. The highest BCUT2D eigenvalue weighted by Crippen LogP contribution is 2.58. The normalized spacial score (nSPS) is 28.8. The van der Waals surface area contributed by atoms with Crippen LogP contribution in [0.4, 0.5) is 0 Å². The molecule has 0 saturated carbocycles. The third-order valence-electron chi connectivity index (χ3n) is 6.38. The van der Waals surface area contributed by atoms with Crippen molar-refractivity contribution in [3.63, 3.8) is 0 Å². The van der Waals surface area contributed by atoms with Gasteiger partial charge in [0.15, 0.2) is 0 Å². The van der Waals surface area contributed by atoms with E-state index in [9.17, 15) is 0 Å². The Bertz CT molecular complexity index is 838. The first kappa shape index (κ1) is 17.4. The second kappa shape index (κ2) is 6.73. The fourth-order valence-electron chi connectivity index (χ4n) is 5.05. The van der Waals surface area contributed by atoms with Crippen LogP contribution in [0.5, 0.6) is 0 Å². The van der Waals surface area contributed by atoms with Gasteiger partial charge in [-0.15, -0.1) is 0 Å². The Labute approximate surface area is 166 Å². The van der Waals surface area contributed by atoms with E-state index in [2.05, 4.69) is 59.2 Å². The Morgan fingerprint density at radius 3 is 2.37 bits per heavy atom. The van der Waals surface area contributed by atoms with Gasteiger partial charge in [0.05, 0.1) is 17.8 Å². The molecular formula is C23H26ClN3. The number of benzene rings is 2. The predicted molar refractivity (Wildman–Crippen MR) is 111 cm³/mol. The first-order chi connectivity index (χ1) is 13.2. The molecule has 0 aromatic heterocycles. The van der Waals surface area contributed by atoms with Crippen molar-refractivity contribution in [1.82, 2.24) is 9.80 Å². The summed E-state index contributed by atoms with van der Waals surface area (Å²) in [4.78, 5) is 10.6. The summed E-state index contributed by atoms with van der Waals surface area (Å²) in [6, 6.07) is 20.0. The summed E-state index contributed by atoms with van der Waals surface area (Å²) < 4.78 is 0. The second-order valence-electron chi connectivity index (χ2n) is 8.04. The lowest BCUT2D eigenvalue weighted by molar-refractivity contribution is 0.0956. The molecule has 0 aliphatic carbocycles. The Morgan fingerprint density at radius 1 is 1.00 bits per heavy atom. The maximum Gasteiger partial charge on any atom is 0.117 e. The van der Waals surface area contributed by atoms with E-state index in [1.807, 2.05) is 12.1 Å². The molecule has 4 heteroatoms. The number of fused-ring (bicyclic) bond motifs is 2. The van der Waals surface area contributed by atoms with Crippen LogP contribution in [0, 0.1) is 0 Å². The summed E-state index contributed by atoms with van der Waals surface area (Å²) in [5, 5.41) is 0.784. The number of hydrogen-bond donors (Lipinski definition) is 0. The maximum atomic E-state index is 6.12. The molecule has 2 aromatic carbocycles. The van der Waals surface area contributed by atoms with E-state index in [1.54, 1.807) is 0 Å². The Balaban J connectivity index is 1.49. The number of halogens is 1. The largest absolute Gasteiger partial charge is 0.303 e. The molecule has 5 rings (SSSR count). The van der Waals surface area contributed by atoms with Crippen LogP contribution in [0.1, 0.15) is 43.4 Å². The first-order valence-electron chi connectivity index (χ1n) is 10.1. The molecule has 2 aromatic rings. The van der Waals surface area contributed by atoms with Gasteiger partial charge in [-0.25, -0.2) is 0 Å². The van der Waals surface area contributed by atoms with Crippen LogP contribution < -0.4 is 0 Å². The van der Waals surface area contributed by atoms with Crippen molar-refractivity contribution >= 4 is 17.3 Å². The number of aliphatic imine (C=N–C) groups is 1. The van der Waals surface area contributed by atoms with Crippen LogP contribution in [-0.2, 0) is 0 Å². The van der Waals surface area contributed by atoms with Crippen molar-refractivity contribution in [3.05, 3.63) is 70.7 Å². The van der Waals surface area contributed by atoms with Crippen LogP contribution in [0.15, 0.2) is 59.6 Å². The number of hydrogen-bond acceptors (Lipinski definition) is 3. The molecule has 3 aliphatic heterocycles. The van der Waals surface area contributed by atoms with Crippen molar-refractivity contribution in [2.75, 3.05) is 19.6 Å². The van der Waals surface area contributed by atoms with E-state index in [1.165, 1.54) is 29.8 Å². The van der Waals surface area contributed by atoms with Gasteiger partial charge in [-0.1, -0.05) is 61.0 Å². The third-order valence-corrected chi connectivity index (χ3v) is 6.63. The zero-order chi connectivity index (χ0) is 18.4. The highest BCUT2D eigenvalue weighted by Gasteiger charge is 2.65. The monoisotopic (exact) mass is 379 g/mol. The van der Waals surface area contributed by atoms with Gasteiger partial charge in [0.2, 0.25) is 0 Å². The van der Waals surface area contributed by atoms with Crippen LogP contribution >= 0.6 is 11.6 Å². The van der Waals surface area contributed by atoms with E-state index in [-0.39, 0.29) is 5.66 Å². The Morgan fingerprint density at radius 2 is 1.70 bits per heavy atom. The minimum absolute atomic E-state index is 0.0234. The highest BCUT2D eigenvalue weighted by atomic mass is 35.5. The van der Waals surface area contributed by atoms with Gasteiger partial charge >= 0.3 is 0 Å². The average molecular weight is 380 g/mol. The fraction of sp³-hybridized carbons (Fsp3) is 0.435.